The summed E-state index contributed by atoms with van der Waals surface area (Å²) in [4.78, 5) is 34.2. The summed E-state index contributed by atoms with van der Waals surface area (Å²) in [6.45, 7) is 2.84. The summed E-state index contributed by atoms with van der Waals surface area (Å²) in [6, 6.07) is 15.9. The van der Waals surface area contributed by atoms with Crippen LogP contribution in [0.1, 0.15) is 23.2 Å². The van der Waals surface area contributed by atoms with Crippen LogP contribution >= 0.6 is 0 Å². The van der Waals surface area contributed by atoms with Gasteiger partial charge in [0.2, 0.25) is 5.91 Å². The van der Waals surface area contributed by atoms with Crippen LogP contribution in [0.15, 0.2) is 54.6 Å². The number of halogens is 1. The molecule has 3 aromatic rings. The number of para-hydroxylation sites is 1. The zero-order chi connectivity index (χ0) is 22.1. The molecule has 0 radical (unpaired) electrons. The van der Waals surface area contributed by atoms with Gasteiger partial charge in [0.15, 0.2) is 0 Å². The monoisotopic (exact) mass is 432 g/mol. The van der Waals surface area contributed by atoms with Crippen molar-refractivity contribution in [2.24, 2.45) is 0 Å². The van der Waals surface area contributed by atoms with E-state index in [0.29, 0.717) is 50.0 Å². The number of hydrogen-bond donors (Lipinski definition) is 1. The Morgan fingerprint density at radius 1 is 1.00 bits per heavy atom. The molecule has 7 heteroatoms. The molecule has 2 aromatic carbocycles. The lowest BCUT2D eigenvalue weighted by molar-refractivity contribution is -0.122. The van der Waals surface area contributed by atoms with Gasteiger partial charge < -0.3 is 10.2 Å². The number of amides is 2. The molecule has 1 aliphatic heterocycles. The Labute approximate surface area is 186 Å². The second-order valence-electron chi connectivity index (χ2n) is 8.49. The van der Waals surface area contributed by atoms with Gasteiger partial charge in [-0.3, -0.25) is 14.5 Å². The highest BCUT2D eigenvalue weighted by molar-refractivity contribution is 6.07. The third kappa shape index (κ3) is 4.48. The lowest BCUT2D eigenvalue weighted by Crippen LogP contribution is -2.51. The molecule has 0 spiro atoms. The maximum Gasteiger partial charge on any atom is 0.254 e. The Hall–Kier alpha value is -3.32. The number of piperazine rings is 1. The van der Waals surface area contributed by atoms with Crippen LogP contribution in [0.3, 0.4) is 0 Å². The lowest BCUT2D eigenvalue weighted by atomic mass is 10.0. The van der Waals surface area contributed by atoms with Gasteiger partial charge in [-0.1, -0.05) is 18.2 Å². The van der Waals surface area contributed by atoms with Crippen molar-refractivity contribution < 1.29 is 14.0 Å². The topological polar surface area (TPSA) is 65.5 Å². The van der Waals surface area contributed by atoms with E-state index in [4.69, 9.17) is 4.98 Å². The average Bonchev–Trinajstić information content (AvgIpc) is 3.62. The molecule has 0 unspecified atom stereocenters. The van der Waals surface area contributed by atoms with E-state index >= 15 is 0 Å². The molecular formula is C25H25FN4O2. The molecule has 2 aliphatic rings. The van der Waals surface area contributed by atoms with E-state index in [1.807, 2.05) is 29.2 Å². The first-order valence-corrected chi connectivity index (χ1v) is 11.0. The number of hydrogen-bond acceptors (Lipinski definition) is 4. The summed E-state index contributed by atoms with van der Waals surface area (Å²) >= 11 is 0. The van der Waals surface area contributed by atoms with Gasteiger partial charge in [-0.2, -0.15) is 0 Å². The Morgan fingerprint density at radius 2 is 1.72 bits per heavy atom. The van der Waals surface area contributed by atoms with Gasteiger partial charge in [-0.25, -0.2) is 9.37 Å². The molecule has 2 amide bonds. The number of nitrogens with zero attached hydrogens (tertiary/aromatic N) is 3. The predicted octanol–water partition coefficient (Wildman–Crippen LogP) is 3.08. The molecule has 0 atom stereocenters. The molecule has 5 rings (SSSR count). The summed E-state index contributed by atoms with van der Waals surface area (Å²) in [7, 11) is 0. The molecule has 1 saturated carbocycles. The molecule has 0 bridgehead atoms. The van der Waals surface area contributed by atoms with Crippen LogP contribution in [-0.2, 0) is 4.79 Å². The van der Waals surface area contributed by atoms with Crippen LogP contribution in [0.4, 0.5) is 4.39 Å². The highest BCUT2D eigenvalue weighted by Gasteiger charge is 2.27. The van der Waals surface area contributed by atoms with Crippen LogP contribution in [0, 0.1) is 5.82 Å². The Morgan fingerprint density at radius 3 is 2.44 bits per heavy atom. The highest BCUT2D eigenvalue weighted by atomic mass is 19.1. The summed E-state index contributed by atoms with van der Waals surface area (Å²) in [5, 5.41) is 3.82. The van der Waals surface area contributed by atoms with Crippen molar-refractivity contribution in [3.8, 4) is 11.3 Å². The standard InChI is InChI=1S/C25H25FN4O2/c26-18-7-5-17(6-8-18)23-15-21(20-3-1-2-4-22(20)28-23)25(32)30-13-11-29(12-14-30)16-24(31)27-19-9-10-19/h1-8,15,19H,9-14,16H2,(H,27,31). The van der Waals surface area contributed by atoms with Crippen molar-refractivity contribution in [1.82, 2.24) is 20.1 Å². The summed E-state index contributed by atoms with van der Waals surface area (Å²) in [6.07, 6.45) is 2.15. The van der Waals surface area contributed by atoms with Crippen molar-refractivity contribution in [3.05, 3.63) is 66.0 Å². The van der Waals surface area contributed by atoms with E-state index in [-0.39, 0.29) is 17.6 Å². The summed E-state index contributed by atoms with van der Waals surface area (Å²) in [5.74, 6) is -0.292. The minimum atomic E-state index is -0.311. The van der Waals surface area contributed by atoms with Gasteiger partial charge in [0.1, 0.15) is 5.82 Å². The Kier molecular flexibility index (Phi) is 5.57. The van der Waals surface area contributed by atoms with Crippen molar-refractivity contribution in [3.63, 3.8) is 0 Å². The number of pyridine rings is 1. The fraction of sp³-hybridized carbons (Fsp3) is 0.320. The molecule has 1 aliphatic carbocycles. The number of fused-ring (bicyclic) bond motifs is 1. The summed E-state index contributed by atoms with van der Waals surface area (Å²) < 4.78 is 13.4. The van der Waals surface area contributed by atoms with Crippen LogP contribution in [0.25, 0.3) is 22.2 Å². The highest BCUT2D eigenvalue weighted by Crippen LogP contribution is 2.26. The van der Waals surface area contributed by atoms with Crippen molar-refractivity contribution in [2.45, 2.75) is 18.9 Å². The third-order valence-corrected chi connectivity index (χ3v) is 6.06. The van der Waals surface area contributed by atoms with E-state index in [0.717, 1.165) is 29.3 Å². The van der Waals surface area contributed by atoms with Gasteiger partial charge in [-0.05, 0) is 49.2 Å². The number of rotatable bonds is 5. The normalized spacial score (nSPS) is 16.8. The fourth-order valence-electron chi connectivity index (χ4n) is 4.10. The second-order valence-corrected chi connectivity index (χ2v) is 8.49. The number of carbonyl (C=O) groups excluding carboxylic acids is 2. The molecule has 1 saturated heterocycles. The molecule has 32 heavy (non-hydrogen) atoms. The zero-order valence-electron chi connectivity index (χ0n) is 17.8. The molecule has 1 aromatic heterocycles. The quantitative estimate of drug-likeness (QED) is 0.673. The van der Waals surface area contributed by atoms with Crippen LogP contribution < -0.4 is 5.32 Å². The number of benzene rings is 2. The van der Waals surface area contributed by atoms with E-state index in [2.05, 4.69) is 10.2 Å². The largest absolute Gasteiger partial charge is 0.352 e. The maximum absolute atomic E-state index is 13.5. The predicted molar refractivity (Wildman–Crippen MR) is 121 cm³/mol. The third-order valence-electron chi connectivity index (χ3n) is 6.06. The molecule has 2 fully saturated rings. The first-order chi connectivity index (χ1) is 15.6. The lowest BCUT2D eigenvalue weighted by Gasteiger charge is -2.34. The molecular weight excluding hydrogens is 407 g/mol. The van der Waals surface area contributed by atoms with E-state index in [1.165, 1.54) is 12.1 Å². The van der Waals surface area contributed by atoms with Gasteiger partial charge in [0.05, 0.1) is 23.3 Å². The molecule has 164 valence electrons. The first kappa shape index (κ1) is 20.6. The van der Waals surface area contributed by atoms with Gasteiger partial charge in [0, 0.05) is 43.2 Å². The number of nitrogens with one attached hydrogen (secondary N) is 1. The van der Waals surface area contributed by atoms with Gasteiger partial charge in [0.25, 0.3) is 5.91 Å². The molecule has 6 nitrogen and oxygen atoms in total. The van der Waals surface area contributed by atoms with Crippen molar-refractivity contribution in [2.75, 3.05) is 32.7 Å². The van der Waals surface area contributed by atoms with Crippen molar-refractivity contribution in [1.29, 1.82) is 0 Å². The van der Waals surface area contributed by atoms with Crippen LogP contribution in [0.2, 0.25) is 0 Å². The summed E-state index contributed by atoms with van der Waals surface area (Å²) in [5.41, 5.74) is 2.73. The maximum atomic E-state index is 13.5. The van der Waals surface area contributed by atoms with Crippen LogP contribution in [-0.4, -0.2) is 65.4 Å². The van der Waals surface area contributed by atoms with Crippen molar-refractivity contribution >= 4 is 22.7 Å². The number of aromatic nitrogens is 1. The van der Waals surface area contributed by atoms with E-state index in [9.17, 15) is 14.0 Å². The SMILES string of the molecule is O=C(CN1CCN(C(=O)c2cc(-c3ccc(F)cc3)nc3ccccc23)CC1)NC1CC1. The van der Waals surface area contributed by atoms with Gasteiger partial charge >= 0.3 is 0 Å². The molecule has 1 N–H and O–H groups in total. The van der Waals surface area contributed by atoms with E-state index < -0.39 is 0 Å². The van der Waals surface area contributed by atoms with Crippen LogP contribution in [0.5, 0.6) is 0 Å². The minimum absolute atomic E-state index is 0.0472. The zero-order valence-corrected chi connectivity index (χ0v) is 17.8. The fourth-order valence-corrected chi connectivity index (χ4v) is 4.10. The average molecular weight is 432 g/mol. The second kappa shape index (κ2) is 8.67. The minimum Gasteiger partial charge on any atom is -0.352 e. The van der Waals surface area contributed by atoms with E-state index in [1.54, 1.807) is 18.2 Å². The van der Waals surface area contributed by atoms with Gasteiger partial charge in [-0.15, -0.1) is 0 Å². The Balaban J connectivity index is 1.35. The smallest absolute Gasteiger partial charge is 0.254 e. The molecule has 2 heterocycles. The number of carbonyl (C=O) groups is 2. The first-order valence-electron chi connectivity index (χ1n) is 11.0. The Bertz CT molecular complexity index is 1150.